The largest absolute Gasteiger partial charge is 0.573 e. The maximum Gasteiger partial charge on any atom is 0.573 e. The van der Waals surface area contributed by atoms with Crippen LogP contribution in [0, 0.1) is 0 Å². The average molecular weight is 246 g/mol. The highest BCUT2D eigenvalue weighted by Gasteiger charge is 2.30. The quantitative estimate of drug-likeness (QED) is 0.794. The normalized spacial score (nSPS) is 11.3. The first-order chi connectivity index (χ1) is 7.90. The summed E-state index contributed by atoms with van der Waals surface area (Å²) in [5.74, 6) is -0.193. The van der Waals surface area contributed by atoms with Crippen molar-refractivity contribution in [2.24, 2.45) is 0 Å². The van der Waals surface area contributed by atoms with Crippen LogP contribution in [0.3, 0.4) is 0 Å². The van der Waals surface area contributed by atoms with E-state index >= 15 is 0 Å². The van der Waals surface area contributed by atoms with Crippen LogP contribution in [0.2, 0.25) is 0 Å². The van der Waals surface area contributed by atoms with Crippen LogP contribution < -0.4 is 4.74 Å². The van der Waals surface area contributed by atoms with E-state index in [-0.39, 0.29) is 18.0 Å². The molecule has 0 saturated heterocycles. The fourth-order valence-electron chi connectivity index (χ4n) is 1.40. The van der Waals surface area contributed by atoms with Gasteiger partial charge in [-0.05, 0) is 24.1 Å². The molecule has 1 aromatic carbocycles. The fraction of sp³-hybridized carbons (Fsp3) is 0.417. The SMILES string of the molecule is CCCC(=O)Cc1ccc(OC(F)(F)F)cc1. The Bertz CT molecular complexity index is 368. The molecule has 5 heteroatoms. The minimum atomic E-state index is -4.68. The van der Waals surface area contributed by atoms with E-state index in [0.717, 1.165) is 6.42 Å². The molecule has 0 bridgehead atoms. The summed E-state index contributed by atoms with van der Waals surface area (Å²) in [5, 5.41) is 0. The topological polar surface area (TPSA) is 26.3 Å². The van der Waals surface area contributed by atoms with Gasteiger partial charge < -0.3 is 4.74 Å². The third-order valence-corrected chi connectivity index (χ3v) is 2.09. The first-order valence-corrected chi connectivity index (χ1v) is 5.27. The molecule has 0 aliphatic heterocycles. The first kappa shape index (κ1) is 13.5. The summed E-state index contributed by atoms with van der Waals surface area (Å²) in [6.07, 6.45) is -3.17. The zero-order chi connectivity index (χ0) is 12.9. The van der Waals surface area contributed by atoms with Gasteiger partial charge in [-0.2, -0.15) is 0 Å². The van der Waals surface area contributed by atoms with E-state index in [9.17, 15) is 18.0 Å². The molecule has 0 unspecified atom stereocenters. The summed E-state index contributed by atoms with van der Waals surface area (Å²) in [6.45, 7) is 1.90. The number of halogens is 3. The van der Waals surface area contributed by atoms with E-state index in [1.165, 1.54) is 24.3 Å². The van der Waals surface area contributed by atoms with Crippen molar-refractivity contribution in [2.75, 3.05) is 0 Å². The molecule has 17 heavy (non-hydrogen) atoms. The summed E-state index contributed by atoms with van der Waals surface area (Å²) in [6, 6.07) is 5.35. The van der Waals surface area contributed by atoms with Gasteiger partial charge >= 0.3 is 6.36 Å². The highest BCUT2D eigenvalue weighted by Crippen LogP contribution is 2.22. The number of Topliss-reactive ketones (excluding diaryl/α,β-unsaturated/α-hetero) is 1. The maximum atomic E-state index is 11.9. The van der Waals surface area contributed by atoms with Gasteiger partial charge in [0.1, 0.15) is 11.5 Å². The number of carbonyl (C=O) groups excluding carboxylic acids is 1. The average Bonchev–Trinajstić information content (AvgIpc) is 2.19. The molecular formula is C12H13F3O2. The van der Waals surface area contributed by atoms with Crippen LogP contribution >= 0.6 is 0 Å². The van der Waals surface area contributed by atoms with Crippen LogP contribution in [0.4, 0.5) is 13.2 Å². The van der Waals surface area contributed by atoms with Crippen molar-refractivity contribution in [1.82, 2.24) is 0 Å². The van der Waals surface area contributed by atoms with Crippen molar-refractivity contribution in [1.29, 1.82) is 0 Å². The number of ketones is 1. The Balaban J connectivity index is 2.59. The molecule has 0 saturated carbocycles. The van der Waals surface area contributed by atoms with Crippen molar-refractivity contribution in [2.45, 2.75) is 32.5 Å². The molecule has 1 aromatic rings. The molecule has 0 spiro atoms. The van der Waals surface area contributed by atoms with Crippen LogP contribution in [-0.4, -0.2) is 12.1 Å². The second kappa shape index (κ2) is 5.70. The molecular weight excluding hydrogens is 233 g/mol. The number of ether oxygens (including phenoxy) is 1. The predicted molar refractivity (Wildman–Crippen MR) is 56.7 cm³/mol. The summed E-state index contributed by atoms with van der Waals surface area (Å²) >= 11 is 0. The third kappa shape index (κ3) is 5.38. The van der Waals surface area contributed by atoms with E-state index in [1.54, 1.807) is 0 Å². The minimum absolute atomic E-state index is 0.0805. The lowest BCUT2D eigenvalue weighted by atomic mass is 10.1. The Kier molecular flexibility index (Phi) is 4.54. The molecule has 0 aliphatic rings. The van der Waals surface area contributed by atoms with Gasteiger partial charge in [0.2, 0.25) is 0 Å². The number of hydrogen-bond donors (Lipinski definition) is 0. The zero-order valence-electron chi connectivity index (χ0n) is 9.38. The van der Waals surface area contributed by atoms with E-state index in [0.29, 0.717) is 12.0 Å². The molecule has 0 amide bonds. The van der Waals surface area contributed by atoms with Crippen LogP contribution in [0.25, 0.3) is 0 Å². The lowest BCUT2D eigenvalue weighted by molar-refractivity contribution is -0.274. The van der Waals surface area contributed by atoms with E-state index in [4.69, 9.17) is 0 Å². The summed E-state index contributed by atoms with van der Waals surface area (Å²) in [5.41, 5.74) is 0.693. The summed E-state index contributed by atoms with van der Waals surface area (Å²) < 4.78 is 39.4. The third-order valence-electron chi connectivity index (χ3n) is 2.09. The molecule has 0 aliphatic carbocycles. The fourth-order valence-corrected chi connectivity index (χ4v) is 1.40. The van der Waals surface area contributed by atoms with Gasteiger partial charge in [-0.3, -0.25) is 4.79 Å². The van der Waals surface area contributed by atoms with Crippen molar-refractivity contribution in [3.8, 4) is 5.75 Å². The summed E-state index contributed by atoms with van der Waals surface area (Å²) in [4.78, 5) is 11.3. The number of benzene rings is 1. The highest BCUT2D eigenvalue weighted by atomic mass is 19.4. The van der Waals surface area contributed by atoms with Crippen LogP contribution in [0.5, 0.6) is 5.75 Å². The van der Waals surface area contributed by atoms with E-state index < -0.39 is 6.36 Å². The molecule has 0 aromatic heterocycles. The van der Waals surface area contributed by atoms with Gasteiger partial charge in [0, 0.05) is 12.8 Å². The Morgan fingerprint density at radius 2 is 1.82 bits per heavy atom. The molecule has 0 N–H and O–H groups in total. The Morgan fingerprint density at radius 3 is 2.29 bits per heavy atom. The summed E-state index contributed by atoms with van der Waals surface area (Å²) in [7, 11) is 0. The molecule has 1 rings (SSSR count). The van der Waals surface area contributed by atoms with Gasteiger partial charge in [-0.1, -0.05) is 19.1 Å². The monoisotopic (exact) mass is 246 g/mol. The van der Waals surface area contributed by atoms with Crippen molar-refractivity contribution in [3.63, 3.8) is 0 Å². The smallest absolute Gasteiger partial charge is 0.406 e. The van der Waals surface area contributed by atoms with Gasteiger partial charge in [-0.25, -0.2) is 0 Å². The van der Waals surface area contributed by atoms with Crippen LogP contribution in [-0.2, 0) is 11.2 Å². The van der Waals surface area contributed by atoms with Gasteiger partial charge in [0.25, 0.3) is 0 Å². The maximum absolute atomic E-state index is 11.9. The molecule has 2 nitrogen and oxygen atoms in total. The Hall–Kier alpha value is -1.52. The number of carbonyl (C=O) groups is 1. The Labute approximate surface area is 97.4 Å². The molecule has 0 radical (unpaired) electrons. The van der Waals surface area contributed by atoms with E-state index in [2.05, 4.69) is 4.74 Å². The number of hydrogen-bond acceptors (Lipinski definition) is 2. The number of alkyl halides is 3. The van der Waals surface area contributed by atoms with Gasteiger partial charge in [0.15, 0.2) is 0 Å². The van der Waals surface area contributed by atoms with Crippen molar-refractivity contribution >= 4 is 5.78 Å². The minimum Gasteiger partial charge on any atom is -0.406 e. The zero-order valence-corrected chi connectivity index (χ0v) is 9.38. The van der Waals surface area contributed by atoms with Gasteiger partial charge in [0.05, 0.1) is 0 Å². The standard InChI is InChI=1S/C12H13F3O2/c1-2-3-10(16)8-9-4-6-11(7-5-9)17-12(13,14)15/h4-7H,2-3,8H2,1H3. The lowest BCUT2D eigenvalue weighted by Gasteiger charge is -2.09. The second-order valence-corrected chi connectivity index (χ2v) is 3.66. The lowest BCUT2D eigenvalue weighted by Crippen LogP contribution is -2.17. The van der Waals surface area contributed by atoms with Crippen molar-refractivity contribution in [3.05, 3.63) is 29.8 Å². The Morgan fingerprint density at radius 1 is 1.24 bits per heavy atom. The highest BCUT2D eigenvalue weighted by molar-refractivity contribution is 5.80. The van der Waals surface area contributed by atoms with E-state index in [1.807, 2.05) is 6.92 Å². The van der Waals surface area contributed by atoms with Crippen LogP contribution in [0.15, 0.2) is 24.3 Å². The van der Waals surface area contributed by atoms with Gasteiger partial charge in [-0.15, -0.1) is 13.2 Å². The first-order valence-electron chi connectivity index (χ1n) is 5.27. The molecule has 0 heterocycles. The number of rotatable bonds is 5. The molecule has 0 atom stereocenters. The second-order valence-electron chi connectivity index (χ2n) is 3.66. The van der Waals surface area contributed by atoms with Crippen LogP contribution in [0.1, 0.15) is 25.3 Å². The molecule has 94 valence electrons. The van der Waals surface area contributed by atoms with Crippen molar-refractivity contribution < 1.29 is 22.7 Å². The predicted octanol–water partition coefficient (Wildman–Crippen LogP) is 3.50. The molecule has 0 fully saturated rings.